The van der Waals surface area contributed by atoms with Crippen LogP contribution >= 0.6 is 0 Å². The number of amides is 1. The van der Waals surface area contributed by atoms with E-state index in [0.717, 1.165) is 17.7 Å². The highest BCUT2D eigenvalue weighted by molar-refractivity contribution is 5.94. The molecule has 0 aliphatic rings. The van der Waals surface area contributed by atoms with E-state index >= 15 is 0 Å². The lowest BCUT2D eigenvalue weighted by molar-refractivity contribution is 0.0690. The number of rotatable bonds is 5. The Hall–Kier alpha value is -2.70. The molecule has 0 atom stereocenters. The van der Waals surface area contributed by atoms with Crippen molar-refractivity contribution in [3.05, 3.63) is 47.0 Å². The maximum Gasteiger partial charge on any atom is 0.354 e. The maximum absolute atomic E-state index is 12.0. The standard InChI is InChI=1S/C14H16N4O3/c1-3-10-9(8-18(2)17-10)7-15-13(19)11-5-4-6-12(16-11)14(20)21/h4-6,8H,3,7H2,1-2H3,(H,15,19)(H,20,21). The number of aromatic carboxylic acids is 1. The molecule has 2 aromatic rings. The van der Waals surface area contributed by atoms with E-state index in [4.69, 9.17) is 5.11 Å². The lowest BCUT2D eigenvalue weighted by Gasteiger charge is -2.05. The number of carboxylic acid groups (broad SMARTS) is 1. The lowest BCUT2D eigenvalue weighted by Crippen LogP contribution is -2.24. The first kappa shape index (κ1) is 14.7. The zero-order valence-electron chi connectivity index (χ0n) is 11.8. The number of carbonyl (C=O) groups is 2. The van der Waals surface area contributed by atoms with Gasteiger partial charge in [0.05, 0.1) is 5.69 Å². The summed E-state index contributed by atoms with van der Waals surface area (Å²) in [5, 5.41) is 15.9. The van der Waals surface area contributed by atoms with Crippen LogP contribution in [0.3, 0.4) is 0 Å². The Morgan fingerprint density at radius 1 is 1.33 bits per heavy atom. The summed E-state index contributed by atoms with van der Waals surface area (Å²) < 4.78 is 1.70. The molecule has 2 rings (SSSR count). The first-order chi connectivity index (χ1) is 10.0. The highest BCUT2D eigenvalue weighted by atomic mass is 16.4. The van der Waals surface area contributed by atoms with Crippen molar-refractivity contribution in [2.75, 3.05) is 0 Å². The molecule has 0 aromatic carbocycles. The highest BCUT2D eigenvalue weighted by Gasteiger charge is 2.12. The van der Waals surface area contributed by atoms with Crippen LogP contribution in [0.15, 0.2) is 24.4 Å². The summed E-state index contributed by atoms with van der Waals surface area (Å²) in [7, 11) is 1.82. The summed E-state index contributed by atoms with van der Waals surface area (Å²) in [6.07, 6.45) is 2.62. The van der Waals surface area contributed by atoms with Gasteiger partial charge in [0.1, 0.15) is 11.4 Å². The SMILES string of the molecule is CCc1nn(C)cc1CNC(=O)c1cccc(C(=O)O)n1. The van der Waals surface area contributed by atoms with E-state index < -0.39 is 11.9 Å². The molecule has 0 unspecified atom stereocenters. The Labute approximate surface area is 121 Å². The Balaban J connectivity index is 2.08. The van der Waals surface area contributed by atoms with Gasteiger partial charge in [-0.15, -0.1) is 0 Å². The second-order valence-corrected chi connectivity index (χ2v) is 4.52. The summed E-state index contributed by atoms with van der Waals surface area (Å²) in [6.45, 7) is 2.32. The van der Waals surface area contributed by atoms with Gasteiger partial charge in [0.2, 0.25) is 0 Å². The Kier molecular flexibility index (Phi) is 4.32. The molecule has 0 spiro atoms. The van der Waals surface area contributed by atoms with Gasteiger partial charge < -0.3 is 10.4 Å². The van der Waals surface area contributed by atoms with E-state index in [0.29, 0.717) is 6.54 Å². The molecule has 0 saturated heterocycles. The van der Waals surface area contributed by atoms with Gasteiger partial charge in [-0.1, -0.05) is 13.0 Å². The first-order valence-electron chi connectivity index (χ1n) is 6.51. The fourth-order valence-corrected chi connectivity index (χ4v) is 1.98. The van der Waals surface area contributed by atoms with Gasteiger partial charge in [-0.05, 0) is 18.6 Å². The summed E-state index contributed by atoms with van der Waals surface area (Å²) >= 11 is 0. The van der Waals surface area contributed by atoms with Crippen LogP contribution in [0.25, 0.3) is 0 Å². The van der Waals surface area contributed by atoms with E-state index in [9.17, 15) is 9.59 Å². The van der Waals surface area contributed by atoms with Gasteiger partial charge in [0.25, 0.3) is 5.91 Å². The third-order valence-corrected chi connectivity index (χ3v) is 2.97. The number of hydrogen-bond acceptors (Lipinski definition) is 4. The van der Waals surface area contributed by atoms with Crippen molar-refractivity contribution in [3.63, 3.8) is 0 Å². The topological polar surface area (TPSA) is 97.1 Å². The van der Waals surface area contributed by atoms with Gasteiger partial charge in [-0.3, -0.25) is 9.48 Å². The molecule has 2 aromatic heterocycles. The fourth-order valence-electron chi connectivity index (χ4n) is 1.98. The lowest BCUT2D eigenvalue weighted by atomic mass is 10.2. The maximum atomic E-state index is 12.0. The summed E-state index contributed by atoms with van der Waals surface area (Å²) in [6, 6.07) is 4.31. The number of nitrogens with one attached hydrogen (secondary N) is 1. The molecule has 21 heavy (non-hydrogen) atoms. The van der Waals surface area contributed by atoms with E-state index in [-0.39, 0.29) is 11.4 Å². The predicted molar refractivity (Wildman–Crippen MR) is 75.0 cm³/mol. The number of pyridine rings is 1. The van der Waals surface area contributed by atoms with Crippen LogP contribution in [-0.2, 0) is 20.0 Å². The van der Waals surface area contributed by atoms with E-state index in [1.54, 1.807) is 4.68 Å². The van der Waals surface area contributed by atoms with Crippen molar-refractivity contribution in [3.8, 4) is 0 Å². The van der Waals surface area contributed by atoms with Gasteiger partial charge >= 0.3 is 5.97 Å². The van der Waals surface area contributed by atoms with Crippen LogP contribution in [0.5, 0.6) is 0 Å². The van der Waals surface area contributed by atoms with Crippen LogP contribution in [0.1, 0.15) is 39.2 Å². The normalized spacial score (nSPS) is 10.4. The third kappa shape index (κ3) is 3.44. The minimum absolute atomic E-state index is 0.0804. The predicted octanol–water partition coefficient (Wildman–Crippen LogP) is 1.01. The largest absolute Gasteiger partial charge is 0.477 e. The monoisotopic (exact) mass is 288 g/mol. The van der Waals surface area contributed by atoms with Crippen molar-refractivity contribution in [2.24, 2.45) is 7.05 Å². The average molecular weight is 288 g/mol. The smallest absolute Gasteiger partial charge is 0.354 e. The number of carbonyl (C=O) groups excluding carboxylic acids is 1. The Morgan fingerprint density at radius 2 is 2.05 bits per heavy atom. The molecule has 2 heterocycles. The third-order valence-electron chi connectivity index (χ3n) is 2.97. The number of aromatic nitrogens is 3. The second kappa shape index (κ2) is 6.17. The van der Waals surface area contributed by atoms with Gasteiger partial charge in [-0.2, -0.15) is 5.10 Å². The van der Waals surface area contributed by atoms with Crippen molar-refractivity contribution in [1.29, 1.82) is 0 Å². The van der Waals surface area contributed by atoms with Crippen molar-refractivity contribution in [2.45, 2.75) is 19.9 Å². The molecule has 0 aliphatic heterocycles. The van der Waals surface area contributed by atoms with Crippen LogP contribution in [0, 0.1) is 0 Å². The van der Waals surface area contributed by atoms with Gasteiger partial charge in [0, 0.05) is 25.4 Å². The zero-order valence-corrected chi connectivity index (χ0v) is 11.8. The van der Waals surface area contributed by atoms with Crippen molar-refractivity contribution < 1.29 is 14.7 Å². The van der Waals surface area contributed by atoms with E-state index in [1.807, 2.05) is 20.2 Å². The molecule has 7 nitrogen and oxygen atoms in total. The number of nitrogens with zero attached hydrogens (tertiary/aromatic N) is 3. The number of carboxylic acids is 1. The average Bonchev–Trinajstić information content (AvgIpc) is 2.85. The summed E-state index contributed by atoms with van der Waals surface area (Å²) in [5.74, 6) is -1.57. The molecule has 0 aliphatic carbocycles. The van der Waals surface area contributed by atoms with Crippen LogP contribution < -0.4 is 5.32 Å². The molecule has 0 radical (unpaired) electrons. The molecule has 0 fully saturated rings. The first-order valence-corrected chi connectivity index (χ1v) is 6.51. The molecule has 1 amide bonds. The van der Waals surface area contributed by atoms with E-state index in [2.05, 4.69) is 15.4 Å². The highest BCUT2D eigenvalue weighted by Crippen LogP contribution is 2.07. The number of hydrogen-bond donors (Lipinski definition) is 2. The van der Waals surface area contributed by atoms with Crippen LogP contribution in [0.4, 0.5) is 0 Å². The molecule has 0 bridgehead atoms. The summed E-state index contributed by atoms with van der Waals surface area (Å²) in [4.78, 5) is 26.6. The van der Waals surface area contributed by atoms with Gasteiger partial charge in [-0.25, -0.2) is 9.78 Å². The molecule has 110 valence electrons. The molecule has 2 N–H and O–H groups in total. The quantitative estimate of drug-likeness (QED) is 0.855. The van der Waals surface area contributed by atoms with Gasteiger partial charge in [0.15, 0.2) is 0 Å². The zero-order chi connectivity index (χ0) is 15.4. The van der Waals surface area contributed by atoms with Crippen LogP contribution in [0.2, 0.25) is 0 Å². The van der Waals surface area contributed by atoms with Crippen molar-refractivity contribution >= 4 is 11.9 Å². The number of aryl methyl sites for hydroxylation is 2. The Bertz CT molecular complexity index is 679. The molecular weight excluding hydrogens is 272 g/mol. The molecule has 0 saturated carbocycles. The van der Waals surface area contributed by atoms with Crippen LogP contribution in [-0.4, -0.2) is 31.7 Å². The van der Waals surface area contributed by atoms with E-state index in [1.165, 1.54) is 18.2 Å². The molecule has 7 heteroatoms. The fraction of sp³-hybridized carbons (Fsp3) is 0.286. The second-order valence-electron chi connectivity index (χ2n) is 4.52. The minimum atomic E-state index is -1.16. The van der Waals surface area contributed by atoms with Crippen molar-refractivity contribution in [1.82, 2.24) is 20.1 Å². The molecular formula is C14H16N4O3. The Morgan fingerprint density at radius 3 is 2.71 bits per heavy atom. The minimum Gasteiger partial charge on any atom is -0.477 e. The summed E-state index contributed by atoms with van der Waals surface area (Å²) in [5.41, 5.74) is 1.78.